The number of nitrogens with one attached hydrogen (secondary N) is 1. The Labute approximate surface area is 112 Å². The number of hydrogen-bond acceptors (Lipinski definition) is 4. The van der Waals surface area contributed by atoms with Crippen molar-refractivity contribution in [2.24, 2.45) is 0 Å². The van der Waals surface area contributed by atoms with E-state index in [-0.39, 0.29) is 0 Å². The molecule has 0 aromatic carbocycles. The topological polar surface area (TPSA) is 86.0 Å². The molecule has 0 spiro atoms. The average Bonchev–Trinajstić information content (AvgIpc) is 2.84. The molecule has 0 radical (unpaired) electrons. The summed E-state index contributed by atoms with van der Waals surface area (Å²) in [4.78, 5) is 15.8. The van der Waals surface area contributed by atoms with Crippen molar-refractivity contribution in [3.63, 3.8) is 0 Å². The van der Waals surface area contributed by atoms with Gasteiger partial charge < -0.3 is 10.4 Å². The van der Waals surface area contributed by atoms with Gasteiger partial charge in [0.05, 0.1) is 5.56 Å². The van der Waals surface area contributed by atoms with Crippen LogP contribution >= 0.6 is 0 Å². The van der Waals surface area contributed by atoms with Crippen LogP contribution in [-0.2, 0) is 17.6 Å². The first-order valence-electron chi connectivity index (χ1n) is 6.44. The van der Waals surface area contributed by atoms with E-state index >= 15 is 0 Å². The highest BCUT2D eigenvalue weighted by molar-refractivity contribution is 5.82. The lowest BCUT2D eigenvalue weighted by Gasteiger charge is -2.26. The second-order valence-electron chi connectivity index (χ2n) is 5.07. The van der Waals surface area contributed by atoms with E-state index in [1.165, 1.54) is 0 Å². The van der Waals surface area contributed by atoms with Crippen molar-refractivity contribution in [1.82, 2.24) is 4.98 Å². The molecule has 1 heterocycles. The number of rotatable bonds is 4. The number of fused-ring (bicyclic) bond motifs is 1. The third-order valence-corrected chi connectivity index (χ3v) is 3.74. The Bertz CT molecular complexity index is 563. The van der Waals surface area contributed by atoms with E-state index in [0.717, 1.165) is 30.5 Å². The van der Waals surface area contributed by atoms with Gasteiger partial charge in [0.1, 0.15) is 17.4 Å². The number of carboxylic acid groups (broad SMARTS) is 1. The van der Waals surface area contributed by atoms with Crippen LogP contribution in [0.4, 0.5) is 5.82 Å². The van der Waals surface area contributed by atoms with Crippen molar-refractivity contribution >= 4 is 11.8 Å². The smallest absolute Gasteiger partial charge is 0.329 e. The zero-order valence-electron chi connectivity index (χ0n) is 11.2. The first-order valence-corrected chi connectivity index (χ1v) is 6.44. The molecule has 1 aliphatic rings. The number of pyridine rings is 1. The fourth-order valence-corrected chi connectivity index (χ4v) is 2.21. The van der Waals surface area contributed by atoms with Gasteiger partial charge >= 0.3 is 5.97 Å². The monoisotopic (exact) mass is 259 g/mol. The lowest BCUT2D eigenvalue weighted by molar-refractivity contribution is -0.141. The molecular formula is C14H17N3O2. The van der Waals surface area contributed by atoms with Crippen molar-refractivity contribution < 1.29 is 9.90 Å². The maximum atomic E-state index is 11.3. The van der Waals surface area contributed by atoms with Crippen LogP contribution in [-0.4, -0.2) is 21.6 Å². The summed E-state index contributed by atoms with van der Waals surface area (Å²) in [6.45, 7) is 3.39. The third-order valence-electron chi connectivity index (χ3n) is 3.74. The summed E-state index contributed by atoms with van der Waals surface area (Å²) in [6, 6.07) is 3.92. The summed E-state index contributed by atoms with van der Waals surface area (Å²) in [5.41, 5.74) is 1.40. The Kier molecular flexibility index (Phi) is 3.43. The van der Waals surface area contributed by atoms with Crippen LogP contribution in [0, 0.1) is 11.3 Å². The highest BCUT2D eigenvalue weighted by Gasteiger charge is 2.32. The fourth-order valence-electron chi connectivity index (χ4n) is 2.21. The quantitative estimate of drug-likeness (QED) is 0.864. The Morgan fingerprint density at radius 1 is 1.63 bits per heavy atom. The molecule has 1 aromatic rings. The molecule has 2 rings (SSSR count). The molecular weight excluding hydrogens is 242 g/mol. The van der Waals surface area contributed by atoms with Gasteiger partial charge in [0.25, 0.3) is 0 Å². The van der Waals surface area contributed by atoms with E-state index in [0.29, 0.717) is 17.8 Å². The molecule has 1 atom stereocenters. The predicted molar refractivity (Wildman–Crippen MR) is 70.9 cm³/mol. The van der Waals surface area contributed by atoms with E-state index in [1.54, 1.807) is 13.8 Å². The summed E-state index contributed by atoms with van der Waals surface area (Å²) in [6.07, 6.45) is 3.29. The van der Waals surface area contributed by atoms with Crippen LogP contribution in [0.2, 0.25) is 0 Å². The lowest BCUT2D eigenvalue weighted by atomic mass is 9.98. The van der Waals surface area contributed by atoms with Crippen molar-refractivity contribution in [3.8, 4) is 6.07 Å². The summed E-state index contributed by atoms with van der Waals surface area (Å²) in [5, 5.41) is 21.4. The van der Waals surface area contributed by atoms with Gasteiger partial charge in [-0.05, 0) is 44.2 Å². The molecule has 1 aromatic heterocycles. The SMILES string of the molecule is CCC(C)(Nc1nc2c(cc1C#N)CCC2)C(=O)O. The zero-order valence-corrected chi connectivity index (χ0v) is 11.2. The molecule has 1 unspecified atom stereocenters. The molecule has 5 heteroatoms. The summed E-state index contributed by atoms with van der Waals surface area (Å²) in [5.74, 6) is -0.559. The first-order chi connectivity index (χ1) is 9.00. The number of nitriles is 1. The largest absolute Gasteiger partial charge is 0.480 e. The molecule has 2 N–H and O–H groups in total. The summed E-state index contributed by atoms with van der Waals surface area (Å²) < 4.78 is 0. The number of hydrogen-bond donors (Lipinski definition) is 2. The van der Waals surface area contributed by atoms with Gasteiger partial charge in [0.15, 0.2) is 0 Å². The van der Waals surface area contributed by atoms with Gasteiger partial charge in [-0.2, -0.15) is 5.26 Å². The van der Waals surface area contributed by atoms with Crippen LogP contribution in [0.25, 0.3) is 0 Å². The number of aromatic nitrogens is 1. The first kappa shape index (κ1) is 13.3. The minimum atomic E-state index is -1.11. The molecule has 19 heavy (non-hydrogen) atoms. The average molecular weight is 259 g/mol. The Balaban J connectivity index is 2.40. The van der Waals surface area contributed by atoms with Gasteiger partial charge in [-0.1, -0.05) is 6.92 Å². The van der Waals surface area contributed by atoms with Crippen molar-refractivity contribution in [2.45, 2.75) is 45.1 Å². The maximum Gasteiger partial charge on any atom is 0.329 e. The van der Waals surface area contributed by atoms with E-state index in [9.17, 15) is 15.2 Å². The number of nitrogens with zero attached hydrogens (tertiary/aromatic N) is 2. The maximum absolute atomic E-state index is 11.3. The van der Waals surface area contributed by atoms with Crippen LogP contribution in [0.15, 0.2) is 6.07 Å². The van der Waals surface area contributed by atoms with Crippen LogP contribution in [0.1, 0.15) is 43.5 Å². The second kappa shape index (κ2) is 4.88. The number of aryl methyl sites for hydroxylation is 2. The molecule has 100 valence electrons. The normalized spacial score (nSPS) is 16.3. The highest BCUT2D eigenvalue weighted by atomic mass is 16.4. The molecule has 0 saturated carbocycles. The molecule has 1 aliphatic carbocycles. The molecule has 0 aliphatic heterocycles. The molecule has 5 nitrogen and oxygen atoms in total. The van der Waals surface area contributed by atoms with Gasteiger partial charge in [-0.3, -0.25) is 0 Å². The van der Waals surface area contributed by atoms with E-state index in [1.807, 2.05) is 6.07 Å². The Hall–Kier alpha value is -2.09. The molecule has 0 fully saturated rings. The Morgan fingerprint density at radius 3 is 2.95 bits per heavy atom. The standard InChI is InChI=1S/C14H17N3O2/c1-3-14(2,13(18)19)17-12-10(8-15)7-9-5-4-6-11(9)16-12/h7H,3-6H2,1-2H3,(H,16,17)(H,18,19). The van der Waals surface area contributed by atoms with Gasteiger partial charge in [0, 0.05) is 5.69 Å². The number of aliphatic carboxylic acids is 1. The van der Waals surface area contributed by atoms with Crippen molar-refractivity contribution in [2.75, 3.05) is 5.32 Å². The number of carboxylic acids is 1. The molecule has 0 amide bonds. The zero-order chi connectivity index (χ0) is 14.0. The fraction of sp³-hybridized carbons (Fsp3) is 0.500. The van der Waals surface area contributed by atoms with Crippen molar-refractivity contribution in [3.05, 3.63) is 22.9 Å². The van der Waals surface area contributed by atoms with E-state index < -0.39 is 11.5 Å². The molecule has 0 bridgehead atoms. The summed E-state index contributed by atoms with van der Waals surface area (Å²) in [7, 11) is 0. The van der Waals surface area contributed by atoms with Crippen LogP contribution in [0.5, 0.6) is 0 Å². The predicted octanol–water partition coefficient (Wildman–Crippen LogP) is 2.11. The van der Waals surface area contributed by atoms with Crippen LogP contribution in [0.3, 0.4) is 0 Å². The van der Waals surface area contributed by atoms with E-state index in [4.69, 9.17) is 0 Å². The minimum Gasteiger partial charge on any atom is -0.480 e. The van der Waals surface area contributed by atoms with Crippen LogP contribution < -0.4 is 5.32 Å². The Morgan fingerprint density at radius 2 is 2.37 bits per heavy atom. The molecule has 0 saturated heterocycles. The van der Waals surface area contributed by atoms with Crippen molar-refractivity contribution in [1.29, 1.82) is 5.26 Å². The van der Waals surface area contributed by atoms with Gasteiger partial charge in [-0.15, -0.1) is 0 Å². The van der Waals surface area contributed by atoms with Gasteiger partial charge in [-0.25, -0.2) is 9.78 Å². The second-order valence-corrected chi connectivity index (χ2v) is 5.07. The summed E-state index contributed by atoms with van der Waals surface area (Å²) >= 11 is 0. The van der Waals surface area contributed by atoms with Gasteiger partial charge in [0.2, 0.25) is 0 Å². The third kappa shape index (κ3) is 2.39. The number of carbonyl (C=O) groups is 1. The van der Waals surface area contributed by atoms with E-state index in [2.05, 4.69) is 16.4 Å². The number of anilines is 1. The highest BCUT2D eigenvalue weighted by Crippen LogP contribution is 2.27. The minimum absolute atomic E-state index is 0.384. The lowest BCUT2D eigenvalue weighted by Crippen LogP contribution is -2.43.